The van der Waals surface area contributed by atoms with Crippen LogP contribution >= 0.6 is 25.0 Å². The van der Waals surface area contributed by atoms with Gasteiger partial charge in [-0.25, -0.2) is 0 Å². The summed E-state index contributed by atoms with van der Waals surface area (Å²) in [5, 5.41) is 1.62. The zero-order chi connectivity index (χ0) is 11.2. The van der Waals surface area contributed by atoms with Crippen LogP contribution in [0, 0.1) is 5.51 Å². The van der Waals surface area contributed by atoms with Gasteiger partial charge in [-0.3, -0.25) is 16.1 Å². The number of carbonyl (C=O) groups excluding carboxylic acids is 1. The van der Waals surface area contributed by atoms with Crippen LogP contribution in [-0.4, -0.2) is 16.6 Å². The summed E-state index contributed by atoms with van der Waals surface area (Å²) in [5.74, 6) is -0.389. The van der Waals surface area contributed by atoms with Crippen molar-refractivity contribution in [2.75, 3.05) is 0 Å². The molecule has 1 rings (SSSR count). The number of nitrogens with zero attached hydrogens (tertiary/aromatic N) is 1. The Balaban J connectivity index is 0.000000791. The van der Waals surface area contributed by atoms with E-state index < -0.39 is 5.60 Å². The van der Waals surface area contributed by atoms with Crippen molar-refractivity contribution in [2.24, 2.45) is 0 Å². The molecule has 0 aliphatic rings. The molecule has 0 saturated carbocycles. The maximum absolute atomic E-state index is 11.2. The van der Waals surface area contributed by atoms with E-state index in [1.54, 1.807) is 5.38 Å². The van der Waals surface area contributed by atoms with E-state index in [0.29, 0.717) is 5.69 Å². The van der Waals surface area contributed by atoms with Crippen LogP contribution in [-0.2, 0) is 21.1 Å². The molecule has 0 saturated heterocycles. The summed E-state index contributed by atoms with van der Waals surface area (Å²) in [7, 11) is 0. The van der Waals surface area contributed by atoms with Crippen molar-refractivity contribution in [1.29, 1.82) is 0 Å². The summed E-state index contributed by atoms with van der Waals surface area (Å²) in [6.45, 7) is 5.46. The first-order chi connectivity index (χ1) is 6.49. The van der Waals surface area contributed by atoms with Crippen molar-refractivity contribution in [2.45, 2.75) is 26.4 Å². The average Bonchev–Trinajstić information content (AvgIpc) is 2.56. The molecule has 0 aromatic carbocycles. The number of aromatic nitrogens is 1. The van der Waals surface area contributed by atoms with Gasteiger partial charge in [0.25, 0.3) is 5.97 Å². The van der Waals surface area contributed by atoms with Gasteiger partial charge in [0, 0.05) is 5.69 Å². The third-order valence-electron chi connectivity index (χ3n) is 0.997. The molecule has 0 atom stereocenters. The molecule has 0 aliphatic carbocycles. The minimum absolute atomic E-state index is 0.329. The van der Waals surface area contributed by atoms with Gasteiger partial charge < -0.3 is 9.72 Å². The molecule has 0 aliphatic heterocycles. The van der Waals surface area contributed by atoms with E-state index in [4.69, 9.17) is 4.74 Å². The van der Waals surface area contributed by atoms with Crippen molar-refractivity contribution >= 4 is 30.9 Å². The first kappa shape index (κ1) is 14.2. The molecular formula is C8H10BrNO2SZn. The normalized spacial score (nSPS) is 10.1. The van der Waals surface area contributed by atoms with Crippen LogP contribution in [0.4, 0.5) is 0 Å². The van der Waals surface area contributed by atoms with Gasteiger partial charge in [-0.05, 0) is 26.3 Å². The van der Waals surface area contributed by atoms with Crippen LogP contribution in [0.15, 0.2) is 5.38 Å². The van der Waals surface area contributed by atoms with Crippen molar-refractivity contribution < 1.29 is 25.9 Å². The molecule has 3 nitrogen and oxygen atoms in total. The van der Waals surface area contributed by atoms with Crippen LogP contribution in [0.1, 0.15) is 31.3 Å². The second kappa shape index (κ2) is 6.64. The molecule has 6 heteroatoms. The van der Waals surface area contributed by atoms with Crippen molar-refractivity contribution in [1.82, 2.24) is 4.98 Å². The third kappa shape index (κ3) is 5.83. The fraction of sp³-hybridized carbons (Fsp3) is 0.500. The van der Waals surface area contributed by atoms with Crippen LogP contribution in [0.25, 0.3) is 0 Å². The molecule has 0 amide bonds. The van der Waals surface area contributed by atoms with Crippen LogP contribution < -0.4 is 0 Å². The van der Waals surface area contributed by atoms with Gasteiger partial charge >= 0.3 is 30.0 Å². The summed E-state index contributed by atoms with van der Waals surface area (Å²) in [4.78, 5) is 14.9. The van der Waals surface area contributed by atoms with E-state index in [9.17, 15) is 4.79 Å². The number of halogens is 1. The van der Waals surface area contributed by atoms with Crippen molar-refractivity contribution in [3.63, 3.8) is 0 Å². The van der Waals surface area contributed by atoms with Crippen molar-refractivity contribution in [3.8, 4) is 0 Å². The number of carbonyl (C=O) groups is 1. The number of rotatable bonds is 1. The van der Waals surface area contributed by atoms with E-state index >= 15 is 0 Å². The summed E-state index contributed by atoms with van der Waals surface area (Å²) in [6.07, 6.45) is 0. The molecule has 0 spiro atoms. The Morgan fingerprint density at radius 1 is 1.64 bits per heavy atom. The Labute approximate surface area is 104 Å². The number of ether oxygens (including phenoxy) is 1. The standard InChI is InChI=1S/C8H10NO2S.BrH.Zn/c1-8(2,3)11-7(10)6-4-12-5-9-6;;/h4H,1-3H3;1H;/q-1;;+2/p-1. The minimum atomic E-state index is -0.458. The maximum atomic E-state index is 11.2. The summed E-state index contributed by atoms with van der Waals surface area (Å²) in [5.41, 5.74) is 2.46. The van der Waals surface area contributed by atoms with Crippen LogP contribution in [0.5, 0.6) is 0 Å². The van der Waals surface area contributed by atoms with E-state index in [1.165, 1.54) is 27.7 Å². The second-order valence-electron chi connectivity index (χ2n) is 3.33. The molecule has 14 heavy (non-hydrogen) atoms. The molecule has 0 bridgehead atoms. The van der Waals surface area contributed by atoms with Crippen LogP contribution in [0.3, 0.4) is 0 Å². The Kier molecular flexibility index (Phi) is 6.74. The molecule has 0 N–H and O–H groups in total. The van der Waals surface area contributed by atoms with Gasteiger partial charge in [0.05, 0.1) is 0 Å². The predicted octanol–water partition coefficient (Wildman–Crippen LogP) is 2.74. The molecule has 1 aromatic heterocycles. The van der Waals surface area contributed by atoms with E-state index in [-0.39, 0.29) is 5.97 Å². The number of hydrogen-bond acceptors (Lipinski definition) is 4. The average molecular weight is 330 g/mol. The zero-order valence-electron chi connectivity index (χ0n) is 8.33. The number of esters is 1. The molecule has 74 valence electrons. The van der Waals surface area contributed by atoms with Gasteiger partial charge in [-0.1, -0.05) is 0 Å². The first-order valence-electron chi connectivity index (χ1n) is 3.81. The summed E-state index contributed by atoms with van der Waals surface area (Å²) in [6, 6.07) is 0. The molecule has 1 heterocycles. The molecule has 0 unspecified atom stereocenters. The quantitative estimate of drug-likeness (QED) is 0.452. The first-order valence-corrected chi connectivity index (χ1v) is 11.6. The summed E-state index contributed by atoms with van der Waals surface area (Å²) >= 11 is 5.51. The number of hydrogen-bond donors (Lipinski definition) is 0. The van der Waals surface area contributed by atoms with Gasteiger partial charge in [0.15, 0.2) is 0 Å². The van der Waals surface area contributed by atoms with Gasteiger partial charge in [0.2, 0.25) is 0 Å². The third-order valence-corrected chi connectivity index (χ3v) is 1.54. The Morgan fingerprint density at radius 3 is 2.57 bits per heavy atom. The van der Waals surface area contributed by atoms with Crippen molar-refractivity contribution in [3.05, 3.63) is 16.6 Å². The van der Waals surface area contributed by atoms with E-state index in [0.717, 1.165) is 0 Å². The molecule has 1 aromatic rings. The van der Waals surface area contributed by atoms with Gasteiger partial charge in [0.1, 0.15) is 5.60 Å². The fourth-order valence-electron chi connectivity index (χ4n) is 0.608. The van der Waals surface area contributed by atoms with E-state index in [2.05, 4.69) is 24.1 Å². The summed E-state index contributed by atoms with van der Waals surface area (Å²) < 4.78 is 5.07. The Morgan fingerprint density at radius 2 is 2.21 bits per heavy atom. The SMILES string of the molecule is CC(C)(C)OC(=O)c1cs[c-]n1.[Zn+][Br]. The fourth-order valence-corrected chi connectivity index (χ4v) is 1.07. The topological polar surface area (TPSA) is 39.2 Å². The van der Waals surface area contributed by atoms with Gasteiger partial charge in [-0.15, -0.1) is 5.38 Å². The Bertz CT molecular complexity index is 271. The monoisotopic (exact) mass is 327 g/mol. The van der Waals surface area contributed by atoms with E-state index in [1.807, 2.05) is 20.8 Å². The number of thiazole rings is 1. The predicted molar refractivity (Wildman–Crippen MR) is 55.0 cm³/mol. The molecule has 0 radical (unpaired) electrons. The van der Waals surface area contributed by atoms with Crippen LogP contribution in [0.2, 0.25) is 0 Å². The Hall–Kier alpha value is 0.203. The zero-order valence-corrected chi connectivity index (χ0v) is 13.7. The second-order valence-corrected chi connectivity index (χ2v) is 3.98. The molecule has 0 fully saturated rings. The molecular weight excluding hydrogens is 319 g/mol. The van der Waals surface area contributed by atoms with Gasteiger partial charge in [-0.2, -0.15) is 0 Å².